The summed E-state index contributed by atoms with van der Waals surface area (Å²) >= 11 is 0. The molecule has 30 heavy (non-hydrogen) atoms. The molecular weight excluding hydrogens is 372 g/mol. The summed E-state index contributed by atoms with van der Waals surface area (Å²) in [6.07, 6.45) is 12.3. The fourth-order valence-corrected chi connectivity index (χ4v) is 5.54. The lowest BCUT2D eigenvalue weighted by atomic mass is 9.81. The molecule has 0 aromatic heterocycles. The van der Waals surface area contributed by atoms with E-state index in [9.17, 15) is 4.79 Å². The van der Waals surface area contributed by atoms with Crippen LogP contribution in [0, 0.1) is 0 Å². The Kier molecular flexibility index (Phi) is 6.76. The number of carbonyl (C=O) groups is 1. The molecule has 0 amide bonds. The van der Waals surface area contributed by atoms with E-state index >= 15 is 0 Å². The summed E-state index contributed by atoms with van der Waals surface area (Å²) < 4.78 is 11.7. The molecule has 2 aliphatic rings. The van der Waals surface area contributed by atoms with Gasteiger partial charge in [0.1, 0.15) is 11.5 Å². The summed E-state index contributed by atoms with van der Waals surface area (Å²) in [4.78, 5) is 13.7. The maximum atomic E-state index is 13.7. The highest BCUT2D eigenvalue weighted by molar-refractivity contribution is 6.12. The minimum atomic E-state index is -0.000908. The number of para-hydroxylation sites is 2. The summed E-state index contributed by atoms with van der Waals surface area (Å²) in [7, 11) is 3.38. The fourth-order valence-electron chi connectivity index (χ4n) is 5.54. The van der Waals surface area contributed by atoms with Crippen LogP contribution in [0.3, 0.4) is 0 Å². The Morgan fingerprint density at radius 2 is 1.07 bits per heavy atom. The molecule has 2 saturated carbocycles. The zero-order valence-corrected chi connectivity index (χ0v) is 18.4. The Morgan fingerprint density at radius 1 is 0.667 bits per heavy atom. The van der Waals surface area contributed by atoms with Crippen LogP contribution in [0.5, 0.6) is 11.5 Å². The predicted molar refractivity (Wildman–Crippen MR) is 121 cm³/mol. The first-order valence-corrected chi connectivity index (χ1v) is 11.6. The highest BCUT2D eigenvalue weighted by Gasteiger charge is 2.27. The van der Waals surface area contributed by atoms with E-state index in [1.165, 1.54) is 75.3 Å². The molecular formula is C27H34O3. The molecule has 2 aromatic carbocycles. The number of benzene rings is 2. The van der Waals surface area contributed by atoms with E-state index in [0.717, 1.165) is 11.5 Å². The van der Waals surface area contributed by atoms with Crippen LogP contribution in [0.2, 0.25) is 0 Å². The van der Waals surface area contributed by atoms with Crippen LogP contribution in [0.25, 0.3) is 0 Å². The molecule has 2 aliphatic carbocycles. The van der Waals surface area contributed by atoms with E-state index in [1.807, 2.05) is 24.3 Å². The molecule has 0 aliphatic heterocycles. The topological polar surface area (TPSA) is 35.5 Å². The summed E-state index contributed by atoms with van der Waals surface area (Å²) in [6.45, 7) is 0. The van der Waals surface area contributed by atoms with Crippen molar-refractivity contribution in [1.29, 1.82) is 0 Å². The second-order valence-electron chi connectivity index (χ2n) is 8.86. The molecule has 0 N–H and O–H groups in total. The number of hydrogen-bond donors (Lipinski definition) is 0. The van der Waals surface area contributed by atoms with E-state index in [-0.39, 0.29) is 5.78 Å². The van der Waals surface area contributed by atoms with Gasteiger partial charge in [0.05, 0.1) is 25.3 Å². The van der Waals surface area contributed by atoms with Crippen LogP contribution in [-0.4, -0.2) is 20.0 Å². The monoisotopic (exact) mass is 406 g/mol. The van der Waals surface area contributed by atoms with Gasteiger partial charge in [0.25, 0.3) is 0 Å². The van der Waals surface area contributed by atoms with Crippen molar-refractivity contribution in [2.24, 2.45) is 0 Å². The molecule has 2 fully saturated rings. The third-order valence-corrected chi connectivity index (χ3v) is 7.08. The Hall–Kier alpha value is -2.29. The molecule has 0 radical (unpaired) electrons. The van der Waals surface area contributed by atoms with Gasteiger partial charge >= 0.3 is 0 Å². The van der Waals surface area contributed by atoms with Gasteiger partial charge in [-0.3, -0.25) is 4.79 Å². The molecule has 3 heteroatoms. The first-order chi connectivity index (χ1) is 14.7. The Labute approximate surface area is 180 Å². The van der Waals surface area contributed by atoms with Gasteiger partial charge in [0, 0.05) is 0 Å². The van der Waals surface area contributed by atoms with Gasteiger partial charge in [-0.1, -0.05) is 62.8 Å². The lowest BCUT2D eigenvalue weighted by molar-refractivity contribution is 0.103. The largest absolute Gasteiger partial charge is 0.496 e. The van der Waals surface area contributed by atoms with Gasteiger partial charge in [-0.15, -0.1) is 0 Å². The quantitative estimate of drug-likeness (QED) is 0.483. The highest BCUT2D eigenvalue weighted by Crippen LogP contribution is 2.42. The molecule has 2 aromatic rings. The molecule has 4 rings (SSSR count). The van der Waals surface area contributed by atoms with Crippen molar-refractivity contribution in [3.05, 3.63) is 58.7 Å². The standard InChI is InChI=1S/C27H34O3/c1-29-26-21(19-11-5-3-6-12-19)15-9-17-23(26)25(28)24-18-10-16-22(27(24)30-2)20-13-7-4-8-14-20/h9-10,15-20H,3-8,11-14H2,1-2H3. The van der Waals surface area contributed by atoms with Crippen LogP contribution in [0.15, 0.2) is 36.4 Å². The Balaban J connectivity index is 1.72. The normalized spacial score (nSPS) is 18.2. The van der Waals surface area contributed by atoms with Gasteiger partial charge in [-0.25, -0.2) is 0 Å². The molecule has 0 heterocycles. The maximum absolute atomic E-state index is 13.7. The van der Waals surface area contributed by atoms with Crippen LogP contribution < -0.4 is 9.47 Å². The van der Waals surface area contributed by atoms with Crippen molar-refractivity contribution < 1.29 is 14.3 Å². The van der Waals surface area contributed by atoms with Gasteiger partial charge in [-0.2, -0.15) is 0 Å². The highest BCUT2D eigenvalue weighted by atomic mass is 16.5. The van der Waals surface area contributed by atoms with E-state index in [2.05, 4.69) is 12.1 Å². The maximum Gasteiger partial charge on any atom is 0.200 e. The van der Waals surface area contributed by atoms with Crippen molar-refractivity contribution in [3.63, 3.8) is 0 Å². The van der Waals surface area contributed by atoms with E-state index in [4.69, 9.17) is 9.47 Å². The average molecular weight is 407 g/mol. The first kappa shape index (κ1) is 21.0. The number of methoxy groups -OCH3 is 2. The lowest BCUT2D eigenvalue weighted by Gasteiger charge is -2.26. The van der Waals surface area contributed by atoms with Crippen molar-refractivity contribution >= 4 is 5.78 Å². The zero-order chi connectivity index (χ0) is 20.9. The third-order valence-electron chi connectivity index (χ3n) is 7.08. The molecule has 0 spiro atoms. The molecule has 0 saturated heterocycles. The van der Waals surface area contributed by atoms with E-state index in [0.29, 0.717) is 23.0 Å². The van der Waals surface area contributed by atoms with Gasteiger partial charge in [0.15, 0.2) is 5.78 Å². The summed E-state index contributed by atoms with van der Waals surface area (Å²) in [5, 5.41) is 0. The van der Waals surface area contributed by atoms with Crippen LogP contribution >= 0.6 is 0 Å². The number of ketones is 1. The van der Waals surface area contributed by atoms with Gasteiger partial charge < -0.3 is 9.47 Å². The molecule has 0 bridgehead atoms. The third kappa shape index (κ3) is 4.12. The second kappa shape index (κ2) is 9.68. The first-order valence-electron chi connectivity index (χ1n) is 11.6. The summed E-state index contributed by atoms with van der Waals surface area (Å²) in [6, 6.07) is 12.1. The summed E-state index contributed by atoms with van der Waals surface area (Å²) in [5.41, 5.74) is 3.68. The van der Waals surface area contributed by atoms with Crippen LogP contribution in [0.1, 0.15) is 103 Å². The Bertz CT molecular complexity index is 802. The van der Waals surface area contributed by atoms with Crippen molar-refractivity contribution in [3.8, 4) is 11.5 Å². The van der Waals surface area contributed by atoms with Crippen molar-refractivity contribution in [2.75, 3.05) is 14.2 Å². The SMILES string of the molecule is COc1c(C(=O)c2cccc(C3CCCCC3)c2OC)cccc1C1CCCCC1. The smallest absolute Gasteiger partial charge is 0.200 e. The number of hydrogen-bond acceptors (Lipinski definition) is 3. The van der Waals surface area contributed by atoms with Crippen molar-refractivity contribution in [1.82, 2.24) is 0 Å². The molecule has 160 valence electrons. The second-order valence-corrected chi connectivity index (χ2v) is 8.86. The van der Waals surface area contributed by atoms with Crippen LogP contribution in [-0.2, 0) is 0 Å². The number of rotatable bonds is 6. The lowest BCUT2D eigenvalue weighted by Crippen LogP contribution is -2.13. The predicted octanol–water partition coefficient (Wildman–Crippen LogP) is 7.03. The van der Waals surface area contributed by atoms with Crippen LogP contribution in [0.4, 0.5) is 0 Å². The minimum absolute atomic E-state index is 0.000908. The number of ether oxygens (including phenoxy) is 2. The molecule has 0 atom stereocenters. The van der Waals surface area contributed by atoms with Gasteiger partial charge in [-0.05, 0) is 60.8 Å². The molecule has 3 nitrogen and oxygen atoms in total. The van der Waals surface area contributed by atoms with Gasteiger partial charge in [0.2, 0.25) is 0 Å². The fraction of sp³-hybridized carbons (Fsp3) is 0.519. The molecule has 0 unspecified atom stereocenters. The van der Waals surface area contributed by atoms with E-state index in [1.54, 1.807) is 14.2 Å². The minimum Gasteiger partial charge on any atom is -0.496 e. The Morgan fingerprint density at radius 3 is 1.43 bits per heavy atom. The average Bonchev–Trinajstić information content (AvgIpc) is 2.83. The van der Waals surface area contributed by atoms with E-state index < -0.39 is 0 Å². The number of carbonyl (C=O) groups excluding carboxylic acids is 1. The summed E-state index contributed by atoms with van der Waals surface area (Å²) in [5.74, 6) is 2.46. The zero-order valence-electron chi connectivity index (χ0n) is 18.4. The van der Waals surface area contributed by atoms with Crippen molar-refractivity contribution in [2.45, 2.75) is 76.0 Å².